The lowest BCUT2D eigenvalue weighted by Gasteiger charge is -2.23. The van der Waals surface area contributed by atoms with Gasteiger partial charge < -0.3 is 15.7 Å². The lowest BCUT2D eigenvalue weighted by molar-refractivity contribution is 0.235. The molecule has 1 saturated heterocycles. The number of rotatable bonds is 4. The Balaban J connectivity index is 1.72. The van der Waals surface area contributed by atoms with E-state index in [0.29, 0.717) is 12.6 Å². The molecule has 3 unspecified atom stereocenters. The van der Waals surface area contributed by atoms with Gasteiger partial charge in [-0.15, -0.1) is 0 Å². The molecule has 3 N–H and O–H groups in total. The van der Waals surface area contributed by atoms with E-state index in [1.807, 2.05) is 0 Å². The van der Waals surface area contributed by atoms with Gasteiger partial charge >= 0.3 is 0 Å². The highest BCUT2D eigenvalue weighted by atomic mass is 16.3. The predicted octanol–water partition coefficient (Wildman–Crippen LogP) is 0.818. The molecule has 1 saturated carbocycles. The largest absolute Gasteiger partial charge is 0.396 e. The standard InChI is InChI=1S/C12H24N2O/c13-12-3-1-2-11(12)9-14-6-4-10(8-14)5-7-15/h10-12,15H,1-9,13H2. The highest BCUT2D eigenvalue weighted by Crippen LogP contribution is 2.27. The Labute approximate surface area is 92.6 Å². The molecule has 3 heteroatoms. The molecule has 0 bridgehead atoms. The van der Waals surface area contributed by atoms with Crippen LogP contribution < -0.4 is 5.73 Å². The fraction of sp³-hybridized carbons (Fsp3) is 1.00. The molecule has 0 aromatic carbocycles. The quantitative estimate of drug-likeness (QED) is 0.725. The van der Waals surface area contributed by atoms with Crippen molar-refractivity contribution in [2.45, 2.75) is 38.1 Å². The van der Waals surface area contributed by atoms with Crippen molar-refractivity contribution in [1.82, 2.24) is 4.90 Å². The molecule has 1 heterocycles. The molecule has 15 heavy (non-hydrogen) atoms. The molecule has 88 valence electrons. The van der Waals surface area contributed by atoms with Gasteiger partial charge in [0, 0.05) is 25.7 Å². The van der Waals surface area contributed by atoms with Crippen molar-refractivity contribution in [2.24, 2.45) is 17.6 Å². The van der Waals surface area contributed by atoms with Crippen LogP contribution in [0, 0.1) is 11.8 Å². The molecule has 0 aromatic rings. The first kappa shape index (κ1) is 11.4. The molecule has 0 radical (unpaired) electrons. The summed E-state index contributed by atoms with van der Waals surface area (Å²) in [6.07, 6.45) is 6.11. The molecular weight excluding hydrogens is 188 g/mol. The first-order chi connectivity index (χ1) is 7.29. The highest BCUT2D eigenvalue weighted by Gasteiger charge is 2.29. The third-order valence-electron chi connectivity index (χ3n) is 4.12. The molecule has 0 aromatic heterocycles. The van der Waals surface area contributed by atoms with E-state index in [1.165, 1.54) is 45.3 Å². The third-order valence-corrected chi connectivity index (χ3v) is 4.12. The van der Waals surface area contributed by atoms with E-state index < -0.39 is 0 Å². The first-order valence-corrected chi connectivity index (χ1v) is 6.38. The van der Waals surface area contributed by atoms with Gasteiger partial charge in [0.2, 0.25) is 0 Å². The summed E-state index contributed by atoms with van der Waals surface area (Å²) in [5, 5.41) is 8.90. The number of hydrogen-bond acceptors (Lipinski definition) is 3. The summed E-state index contributed by atoms with van der Waals surface area (Å²) < 4.78 is 0. The second kappa shape index (κ2) is 5.28. The van der Waals surface area contributed by atoms with Gasteiger partial charge in [-0.2, -0.15) is 0 Å². The van der Waals surface area contributed by atoms with Gasteiger partial charge in [-0.25, -0.2) is 0 Å². The van der Waals surface area contributed by atoms with Crippen LogP contribution in [-0.2, 0) is 0 Å². The summed E-state index contributed by atoms with van der Waals surface area (Å²) in [6.45, 7) is 3.95. The van der Waals surface area contributed by atoms with Gasteiger partial charge in [0.25, 0.3) is 0 Å². The van der Waals surface area contributed by atoms with Crippen LogP contribution in [0.1, 0.15) is 32.1 Å². The summed E-state index contributed by atoms with van der Waals surface area (Å²) in [7, 11) is 0. The number of aliphatic hydroxyl groups is 1. The van der Waals surface area contributed by atoms with E-state index in [-0.39, 0.29) is 0 Å². The van der Waals surface area contributed by atoms with Crippen LogP contribution >= 0.6 is 0 Å². The molecule has 2 rings (SSSR count). The molecule has 0 amide bonds. The normalized spacial score (nSPS) is 37.6. The van der Waals surface area contributed by atoms with E-state index in [0.717, 1.165) is 18.3 Å². The molecule has 0 spiro atoms. The van der Waals surface area contributed by atoms with E-state index in [4.69, 9.17) is 10.8 Å². The van der Waals surface area contributed by atoms with Crippen molar-refractivity contribution in [2.75, 3.05) is 26.2 Å². The first-order valence-electron chi connectivity index (χ1n) is 6.38. The summed E-state index contributed by atoms with van der Waals surface area (Å²) in [5.41, 5.74) is 6.08. The fourth-order valence-electron chi connectivity index (χ4n) is 3.12. The van der Waals surface area contributed by atoms with Gasteiger partial charge in [0.05, 0.1) is 0 Å². The minimum absolute atomic E-state index is 0.349. The molecule has 3 atom stereocenters. The van der Waals surface area contributed by atoms with Gasteiger partial charge in [-0.1, -0.05) is 6.42 Å². The molecule has 2 aliphatic rings. The highest BCUT2D eigenvalue weighted by molar-refractivity contribution is 4.85. The smallest absolute Gasteiger partial charge is 0.0434 e. The molecule has 1 aliphatic carbocycles. The Morgan fingerprint density at radius 3 is 2.80 bits per heavy atom. The second-order valence-electron chi connectivity index (χ2n) is 5.28. The van der Waals surface area contributed by atoms with Gasteiger partial charge in [0.1, 0.15) is 0 Å². The number of aliphatic hydroxyl groups excluding tert-OH is 1. The van der Waals surface area contributed by atoms with Crippen LogP contribution in [0.2, 0.25) is 0 Å². The van der Waals surface area contributed by atoms with Crippen LogP contribution in [0.25, 0.3) is 0 Å². The fourth-order valence-corrected chi connectivity index (χ4v) is 3.12. The average Bonchev–Trinajstić information content (AvgIpc) is 2.79. The maximum Gasteiger partial charge on any atom is 0.0434 e. The zero-order valence-corrected chi connectivity index (χ0v) is 9.57. The van der Waals surface area contributed by atoms with Crippen molar-refractivity contribution in [3.05, 3.63) is 0 Å². The zero-order valence-electron chi connectivity index (χ0n) is 9.57. The van der Waals surface area contributed by atoms with E-state index in [2.05, 4.69) is 4.90 Å². The number of nitrogens with two attached hydrogens (primary N) is 1. The minimum atomic E-state index is 0.349. The third kappa shape index (κ3) is 2.92. The minimum Gasteiger partial charge on any atom is -0.396 e. The Hall–Kier alpha value is -0.120. The zero-order chi connectivity index (χ0) is 10.7. The van der Waals surface area contributed by atoms with E-state index >= 15 is 0 Å². The van der Waals surface area contributed by atoms with Crippen LogP contribution in [0.15, 0.2) is 0 Å². The molecule has 1 aliphatic heterocycles. The Bertz CT molecular complexity index is 198. The van der Waals surface area contributed by atoms with Crippen LogP contribution in [0.5, 0.6) is 0 Å². The Morgan fingerprint density at radius 2 is 2.13 bits per heavy atom. The molecule has 2 fully saturated rings. The van der Waals surface area contributed by atoms with Crippen molar-refractivity contribution >= 4 is 0 Å². The maximum absolute atomic E-state index is 8.90. The van der Waals surface area contributed by atoms with Crippen molar-refractivity contribution in [1.29, 1.82) is 0 Å². The SMILES string of the molecule is NC1CCCC1CN1CCC(CCO)C1. The lowest BCUT2D eigenvalue weighted by atomic mass is 10.0. The topological polar surface area (TPSA) is 49.5 Å². The number of likely N-dealkylation sites (tertiary alicyclic amines) is 1. The van der Waals surface area contributed by atoms with Crippen molar-refractivity contribution in [3.8, 4) is 0 Å². The Morgan fingerprint density at radius 1 is 1.27 bits per heavy atom. The molecule has 3 nitrogen and oxygen atoms in total. The summed E-state index contributed by atoms with van der Waals surface area (Å²) >= 11 is 0. The van der Waals surface area contributed by atoms with E-state index in [1.54, 1.807) is 0 Å². The van der Waals surface area contributed by atoms with Gasteiger partial charge in [-0.05, 0) is 44.1 Å². The number of nitrogens with zero attached hydrogens (tertiary/aromatic N) is 1. The van der Waals surface area contributed by atoms with Crippen LogP contribution in [0.4, 0.5) is 0 Å². The van der Waals surface area contributed by atoms with Gasteiger partial charge in [0.15, 0.2) is 0 Å². The maximum atomic E-state index is 8.90. The van der Waals surface area contributed by atoms with Crippen LogP contribution in [-0.4, -0.2) is 42.3 Å². The van der Waals surface area contributed by atoms with E-state index in [9.17, 15) is 0 Å². The Kier molecular flexibility index (Phi) is 4.00. The lowest BCUT2D eigenvalue weighted by Crippen LogP contribution is -2.35. The predicted molar refractivity (Wildman–Crippen MR) is 61.6 cm³/mol. The summed E-state index contributed by atoms with van der Waals surface area (Å²) in [5.74, 6) is 1.46. The van der Waals surface area contributed by atoms with Crippen molar-refractivity contribution < 1.29 is 5.11 Å². The molecular formula is C12H24N2O. The monoisotopic (exact) mass is 212 g/mol. The van der Waals surface area contributed by atoms with Crippen molar-refractivity contribution in [3.63, 3.8) is 0 Å². The summed E-state index contributed by atoms with van der Waals surface area (Å²) in [6, 6.07) is 0.446. The second-order valence-corrected chi connectivity index (χ2v) is 5.28. The summed E-state index contributed by atoms with van der Waals surface area (Å²) in [4.78, 5) is 2.55. The van der Waals surface area contributed by atoms with Crippen LogP contribution in [0.3, 0.4) is 0 Å². The van der Waals surface area contributed by atoms with Gasteiger partial charge in [-0.3, -0.25) is 0 Å². The average molecular weight is 212 g/mol. The number of hydrogen-bond donors (Lipinski definition) is 2.